The van der Waals surface area contributed by atoms with Crippen LogP contribution in [-0.4, -0.2) is 21.2 Å². The van der Waals surface area contributed by atoms with Gasteiger partial charge in [-0.05, 0) is 12.8 Å². The van der Waals surface area contributed by atoms with Crippen molar-refractivity contribution in [3.05, 3.63) is 12.2 Å². The first-order chi connectivity index (χ1) is 5.06. The Morgan fingerprint density at radius 3 is 2.45 bits per heavy atom. The largest absolute Gasteiger partial charge is 0.215 e. The maximum atomic E-state index is 10.5. The minimum absolute atomic E-state index is 0.495. The van der Waals surface area contributed by atoms with Crippen LogP contribution in [0.1, 0.15) is 19.8 Å². The fourth-order valence-corrected chi connectivity index (χ4v) is 1.10. The minimum Gasteiger partial charge on any atom is -0.215 e. The number of allylic oxidation sites excluding steroid dienone is 1. The molecule has 0 aromatic carbocycles. The molecular weight excluding hydrogens is 162 g/mol. The number of nitrogens with one attached hydrogen (secondary N) is 1. The molecule has 0 atom stereocenters. The lowest BCUT2D eigenvalue weighted by atomic mass is 10.3. The molecule has 0 aliphatic rings. The second-order valence-electron chi connectivity index (χ2n) is 2.33. The number of sulfonamides is 1. The Kier molecular flexibility index (Phi) is 5.15. The third-order valence-corrected chi connectivity index (χ3v) is 1.81. The summed E-state index contributed by atoms with van der Waals surface area (Å²) in [6, 6.07) is 0. The van der Waals surface area contributed by atoms with Crippen LogP contribution in [0.2, 0.25) is 0 Å². The van der Waals surface area contributed by atoms with Crippen molar-refractivity contribution in [1.29, 1.82) is 0 Å². The zero-order valence-electron chi connectivity index (χ0n) is 7.00. The molecule has 0 amide bonds. The number of hydrogen-bond donors (Lipinski definition) is 1. The van der Waals surface area contributed by atoms with Crippen molar-refractivity contribution in [1.82, 2.24) is 4.72 Å². The van der Waals surface area contributed by atoms with Gasteiger partial charge in [0.25, 0.3) is 0 Å². The molecule has 66 valence electrons. The van der Waals surface area contributed by atoms with Gasteiger partial charge in [-0.1, -0.05) is 19.1 Å². The van der Waals surface area contributed by atoms with Gasteiger partial charge < -0.3 is 0 Å². The minimum atomic E-state index is -3.00. The Morgan fingerprint density at radius 1 is 1.36 bits per heavy atom. The molecule has 0 aliphatic carbocycles. The number of hydrogen-bond acceptors (Lipinski definition) is 2. The fourth-order valence-electron chi connectivity index (χ4n) is 0.612. The van der Waals surface area contributed by atoms with Gasteiger partial charge in [0.15, 0.2) is 0 Å². The van der Waals surface area contributed by atoms with E-state index in [1.807, 2.05) is 19.1 Å². The molecule has 0 rings (SSSR count). The molecular formula is C7H15NO2S. The van der Waals surface area contributed by atoms with Crippen molar-refractivity contribution in [2.45, 2.75) is 19.8 Å². The first-order valence-electron chi connectivity index (χ1n) is 3.66. The predicted octanol–water partition coefficient (Wildman–Crippen LogP) is 0.892. The van der Waals surface area contributed by atoms with Crippen molar-refractivity contribution in [2.24, 2.45) is 0 Å². The SMILES string of the molecule is CC/C=C\CCNS(C)(=O)=O. The zero-order valence-corrected chi connectivity index (χ0v) is 7.82. The predicted molar refractivity (Wildman–Crippen MR) is 46.9 cm³/mol. The summed E-state index contributed by atoms with van der Waals surface area (Å²) in [4.78, 5) is 0. The van der Waals surface area contributed by atoms with E-state index in [9.17, 15) is 8.42 Å². The topological polar surface area (TPSA) is 46.2 Å². The van der Waals surface area contributed by atoms with Crippen LogP contribution in [0.15, 0.2) is 12.2 Å². The van der Waals surface area contributed by atoms with E-state index in [4.69, 9.17) is 0 Å². The highest BCUT2D eigenvalue weighted by molar-refractivity contribution is 7.88. The lowest BCUT2D eigenvalue weighted by Gasteiger charge is -1.96. The second-order valence-corrected chi connectivity index (χ2v) is 4.17. The van der Waals surface area contributed by atoms with Crippen LogP contribution in [0, 0.1) is 0 Å². The summed E-state index contributed by atoms with van der Waals surface area (Å²) in [6.45, 7) is 2.54. The zero-order chi connectivity index (χ0) is 8.74. The summed E-state index contributed by atoms with van der Waals surface area (Å²) in [5.41, 5.74) is 0. The van der Waals surface area contributed by atoms with Gasteiger partial charge in [0.2, 0.25) is 10.0 Å². The van der Waals surface area contributed by atoms with Crippen LogP contribution in [0.25, 0.3) is 0 Å². The molecule has 0 bridgehead atoms. The van der Waals surface area contributed by atoms with Crippen molar-refractivity contribution in [3.8, 4) is 0 Å². The van der Waals surface area contributed by atoms with Crippen LogP contribution in [-0.2, 0) is 10.0 Å². The molecule has 0 aromatic rings. The van der Waals surface area contributed by atoms with Gasteiger partial charge in [-0.2, -0.15) is 0 Å². The Bertz CT molecular complexity index is 206. The summed E-state index contributed by atoms with van der Waals surface area (Å²) in [5.74, 6) is 0. The molecule has 0 heterocycles. The molecule has 4 heteroatoms. The van der Waals surface area contributed by atoms with Crippen molar-refractivity contribution in [2.75, 3.05) is 12.8 Å². The third kappa shape index (κ3) is 9.65. The van der Waals surface area contributed by atoms with Crippen LogP contribution in [0.5, 0.6) is 0 Å². The van der Waals surface area contributed by atoms with E-state index in [1.54, 1.807) is 0 Å². The molecule has 0 saturated carbocycles. The second kappa shape index (κ2) is 5.32. The average Bonchev–Trinajstić information content (AvgIpc) is 1.85. The first kappa shape index (κ1) is 10.7. The summed E-state index contributed by atoms with van der Waals surface area (Å²) >= 11 is 0. The lowest BCUT2D eigenvalue weighted by Crippen LogP contribution is -2.22. The van der Waals surface area contributed by atoms with E-state index in [1.165, 1.54) is 0 Å². The molecule has 0 radical (unpaired) electrons. The molecule has 0 aliphatic heterocycles. The molecule has 0 unspecified atom stereocenters. The van der Waals surface area contributed by atoms with Gasteiger partial charge in [-0.3, -0.25) is 0 Å². The monoisotopic (exact) mass is 177 g/mol. The lowest BCUT2D eigenvalue weighted by molar-refractivity contribution is 0.588. The molecule has 0 aromatic heterocycles. The van der Waals surface area contributed by atoms with Crippen molar-refractivity contribution < 1.29 is 8.42 Å². The van der Waals surface area contributed by atoms with Crippen molar-refractivity contribution >= 4 is 10.0 Å². The Hall–Kier alpha value is -0.350. The molecule has 0 fully saturated rings. The highest BCUT2D eigenvalue weighted by Crippen LogP contribution is 1.85. The highest BCUT2D eigenvalue weighted by Gasteiger charge is 1.95. The van der Waals surface area contributed by atoms with Crippen molar-refractivity contribution in [3.63, 3.8) is 0 Å². The third-order valence-electron chi connectivity index (χ3n) is 1.08. The van der Waals surface area contributed by atoms with E-state index >= 15 is 0 Å². The smallest absolute Gasteiger partial charge is 0.208 e. The summed E-state index contributed by atoms with van der Waals surface area (Å²) in [7, 11) is -3.00. The Balaban J connectivity index is 3.36. The van der Waals surface area contributed by atoms with E-state index in [2.05, 4.69) is 4.72 Å². The summed E-state index contributed by atoms with van der Waals surface area (Å²) in [6.07, 6.45) is 6.92. The Morgan fingerprint density at radius 2 is 2.00 bits per heavy atom. The van der Waals surface area contributed by atoms with Gasteiger partial charge in [0.05, 0.1) is 6.26 Å². The van der Waals surface area contributed by atoms with E-state index in [0.717, 1.165) is 19.1 Å². The van der Waals surface area contributed by atoms with Crippen LogP contribution in [0.3, 0.4) is 0 Å². The fraction of sp³-hybridized carbons (Fsp3) is 0.714. The van der Waals surface area contributed by atoms with Crippen LogP contribution >= 0.6 is 0 Å². The van der Waals surface area contributed by atoms with E-state index in [-0.39, 0.29) is 0 Å². The van der Waals surface area contributed by atoms with Crippen LogP contribution in [0.4, 0.5) is 0 Å². The maximum absolute atomic E-state index is 10.5. The van der Waals surface area contributed by atoms with Gasteiger partial charge in [-0.15, -0.1) is 0 Å². The molecule has 0 saturated heterocycles. The molecule has 1 N–H and O–H groups in total. The van der Waals surface area contributed by atoms with Crippen LogP contribution < -0.4 is 4.72 Å². The van der Waals surface area contributed by atoms with Gasteiger partial charge in [0.1, 0.15) is 0 Å². The quantitative estimate of drug-likeness (QED) is 0.501. The summed E-state index contributed by atoms with van der Waals surface area (Å²) < 4.78 is 23.5. The normalized spacial score (nSPS) is 12.5. The Labute approximate surface area is 68.5 Å². The molecule has 3 nitrogen and oxygen atoms in total. The maximum Gasteiger partial charge on any atom is 0.208 e. The first-order valence-corrected chi connectivity index (χ1v) is 5.55. The van der Waals surface area contributed by atoms with Gasteiger partial charge >= 0.3 is 0 Å². The summed E-state index contributed by atoms with van der Waals surface area (Å²) in [5, 5.41) is 0. The number of rotatable bonds is 5. The molecule has 11 heavy (non-hydrogen) atoms. The van der Waals surface area contributed by atoms with E-state index in [0.29, 0.717) is 6.54 Å². The standard InChI is InChI=1S/C7H15NO2S/c1-3-4-5-6-7-8-11(2,9)10/h4-5,8H,3,6-7H2,1-2H3/b5-4-. The molecule has 0 spiro atoms. The van der Waals surface area contributed by atoms with E-state index < -0.39 is 10.0 Å². The van der Waals surface area contributed by atoms with Gasteiger partial charge in [0, 0.05) is 6.54 Å². The van der Waals surface area contributed by atoms with Gasteiger partial charge in [-0.25, -0.2) is 13.1 Å². The average molecular weight is 177 g/mol. The highest BCUT2D eigenvalue weighted by atomic mass is 32.2.